The fourth-order valence-corrected chi connectivity index (χ4v) is 2.94. The van der Waals surface area contributed by atoms with Crippen molar-refractivity contribution in [1.29, 1.82) is 0 Å². The summed E-state index contributed by atoms with van der Waals surface area (Å²) in [5.41, 5.74) is 1.83. The van der Waals surface area contributed by atoms with Crippen molar-refractivity contribution in [1.82, 2.24) is 9.80 Å². The molecule has 102 valence electrons. The molecule has 0 unspecified atom stereocenters. The number of rotatable bonds is 2. The van der Waals surface area contributed by atoms with E-state index in [2.05, 4.69) is 17.5 Å². The number of piperazine rings is 1. The van der Waals surface area contributed by atoms with E-state index in [0.717, 1.165) is 48.2 Å². The van der Waals surface area contributed by atoms with Crippen molar-refractivity contribution in [3.05, 3.63) is 29.3 Å². The van der Waals surface area contributed by atoms with Gasteiger partial charge in [0.1, 0.15) is 0 Å². The van der Waals surface area contributed by atoms with E-state index < -0.39 is 0 Å². The second kappa shape index (κ2) is 5.17. The first kappa shape index (κ1) is 13.0. The standard InChI is InChI=1S/C15H20N2OS/c1-11-2-5-13(19)10-14(11)15(18)17-8-6-16(7-9-17)12-3-4-12/h2,5,10,12,19H,3-4,6-9H2,1H3. The zero-order chi connectivity index (χ0) is 13.4. The summed E-state index contributed by atoms with van der Waals surface area (Å²) in [5, 5.41) is 0. The predicted molar refractivity (Wildman–Crippen MR) is 78.9 cm³/mol. The number of hydrogen-bond donors (Lipinski definition) is 1. The molecule has 1 amide bonds. The maximum atomic E-state index is 12.5. The van der Waals surface area contributed by atoms with Gasteiger partial charge in [-0.2, -0.15) is 0 Å². The third-order valence-electron chi connectivity index (χ3n) is 4.12. The number of thiol groups is 1. The van der Waals surface area contributed by atoms with Crippen LogP contribution in [0.1, 0.15) is 28.8 Å². The number of carbonyl (C=O) groups is 1. The SMILES string of the molecule is Cc1ccc(S)cc1C(=O)N1CCN(C2CC2)CC1. The van der Waals surface area contributed by atoms with Gasteiger partial charge in [-0.25, -0.2) is 0 Å². The van der Waals surface area contributed by atoms with E-state index >= 15 is 0 Å². The second-order valence-corrected chi connectivity index (χ2v) is 6.07. The van der Waals surface area contributed by atoms with E-state index in [1.807, 2.05) is 30.0 Å². The first-order valence-corrected chi connectivity index (χ1v) is 7.43. The summed E-state index contributed by atoms with van der Waals surface area (Å²) in [7, 11) is 0. The van der Waals surface area contributed by atoms with E-state index in [4.69, 9.17) is 0 Å². The van der Waals surface area contributed by atoms with Crippen molar-refractivity contribution in [2.45, 2.75) is 30.7 Å². The third kappa shape index (κ3) is 2.79. The number of aryl methyl sites for hydroxylation is 1. The van der Waals surface area contributed by atoms with Gasteiger partial charge in [0.15, 0.2) is 0 Å². The summed E-state index contributed by atoms with van der Waals surface area (Å²) in [6.07, 6.45) is 2.68. The molecule has 1 aliphatic carbocycles. The maximum Gasteiger partial charge on any atom is 0.254 e. The zero-order valence-corrected chi connectivity index (χ0v) is 12.2. The summed E-state index contributed by atoms with van der Waals surface area (Å²) >= 11 is 4.33. The van der Waals surface area contributed by atoms with Crippen LogP contribution in [0.25, 0.3) is 0 Å². The summed E-state index contributed by atoms with van der Waals surface area (Å²) in [4.78, 5) is 17.9. The van der Waals surface area contributed by atoms with Gasteiger partial charge >= 0.3 is 0 Å². The number of amides is 1. The first-order chi connectivity index (χ1) is 9.15. The molecule has 3 rings (SSSR count). The van der Waals surface area contributed by atoms with Gasteiger partial charge in [0.25, 0.3) is 5.91 Å². The van der Waals surface area contributed by atoms with E-state index in [-0.39, 0.29) is 5.91 Å². The number of benzene rings is 1. The van der Waals surface area contributed by atoms with Crippen LogP contribution in [0.5, 0.6) is 0 Å². The van der Waals surface area contributed by atoms with E-state index in [9.17, 15) is 4.79 Å². The molecule has 1 aromatic carbocycles. The molecule has 0 aromatic heterocycles. The minimum atomic E-state index is 0.156. The Morgan fingerprint density at radius 3 is 2.53 bits per heavy atom. The Morgan fingerprint density at radius 1 is 1.21 bits per heavy atom. The van der Waals surface area contributed by atoms with Crippen molar-refractivity contribution < 1.29 is 4.79 Å². The highest BCUT2D eigenvalue weighted by molar-refractivity contribution is 7.80. The van der Waals surface area contributed by atoms with Crippen LogP contribution >= 0.6 is 12.6 Å². The van der Waals surface area contributed by atoms with Crippen LogP contribution in [0.15, 0.2) is 23.1 Å². The minimum absolute atomic E-state index is 0.156. The largest absolute Gasteiger partial charge is 0.336 e. The molecule has 19 heavy (non-hydrogen) atoms. The average molecular weight is 276 g/mol. The van der Waals surface area contributed by atoms with Crippen LogP contribution in [0, 0.1) is 6.92 Å². The van der Waals surface area contributed by atoms with Crippen LogP contribution < -0.4 is 0 Å². The van der Waals surface area contributed by atoms with Gasteiger partial charge in [-0.3, -0.25) is 9.69 Å². The highest BCUT2D eigenvalue weighted by Crippen LogP contribution is 2.27. The lowest BCUT2D eigenvalue weighted by atomic mass is 10.1. The Hall–Kier alpha value is -1.00. The number of nitrogens with zero attached hydrogens (tertiary/aromatic N) is 2. The van der Waals surface area contributed by atoms with E-state index in [0.29, 0.717) is 0 Å². The highest BCUT2D eigenvalue weighted by atomic mass is 32.1. The van der Waals surface area contributed by atoms with Crippen molar-refractivity contribution >= 4 is 18.5 Å². The van der Waals surface area contributed by atoms with Crippen LogP contribution in [-0.2, 0) is 0 Å². The zero-order valence-electron chi connectivity index (χ0n) is 11.3. The quantitative estimate of drug-likeness (QED) is 0.837. The Balaban J connectivity index is 1.68. The lowest BCUT2D eigenvalue weighted by Gasteiger charge is -2.35. The molecule has 0 radical (unpaired) electrons. The molecule has 1 aromatic rings. The molecule has 1 saturated heterocycles. The summed E-state index contributed by atoms with van der Waals surface area (Å²) in [6.45, 7) is 5.74. The molecule has 3 nitrogen and oxygen atoms in total. The smallest absolute Gasteiger partial charge is 0.254 e. The Morgan fingerprint density at radius 2 is 1.89 bits per heavy atom. The van der Waals surface area contributed by atoms with Gasteiger partial charge in [0.05, 0.1) is 0 Å². The van der Waals surface area contributed by atoms with Gasteiger partial charge < -0.3 is 4.90 Å². The maximum absolute atomic E-state index is 12.5. The lowest BCUT2D eigenvalue weighted by Crippen LogP contribution is -2.49. The molecule has 0 spiro atoms. The predicted octanol–water partition coefficient (Wildman–Crippen LogP) is 2.20. The average Bonchev–Trinajstić information content (AvgIpc) is 3.25. The van der Waals surface area contributed by atoms with Crippen molar-refractivity contribution in [3.8, 4) is 0 Å². The van der Waals surface area contributed by atoms with Crippen LogP contribution in [0.4, 0.5) is 0 Å². The van der Waals surface area contributed by atoms with Gasteiger partial charge in [0, 0.05) is 42.7 Å². The van der Waals surface area contributed by atoms with Gasteiger partial charge in [-0.15, -0.1) is 12.6 Å². The minimum Gasteiger partial charge on any atom is -0.336 e. The normalized spacial score (nSPS) is 20.6. The monoisotopic (exact) mass is 276 g/mol. The second-order valence-electron chi connectivity index (χ2n) is 5.56. The van der Waals surface area contributed by atoms with Crippen molar-refractivity contribution in [2.24, 2.45) is 0 Å². The molecule has 1 saturated carbocycles. The molecule has 2 aliphatic rings. The Bertz CT molecular complexity index is 491. The molecular weight excluding hydrogens is 256 g/mol. The molecular formula is C15H20N2OS. The fourth-order valence-electron chi connectivity index (χ4n) is 2.74. The Labute approximate surface area is 120 Å². The van der Waals surface area contributed by atoms with Crippen LogP contribution in [-0.4, -0.2) is 47.9 Å². The molecule has 0 N–H and O–H groups in total. The van der Waals surface area contributed by atoms with Crippen LogP contribution in [0.2, 0.25) is 0 Å². The topological polar surface area (TPSA) is 23.6 Å². The number of carbonyl (C=O) groups excluding carboxylic acids is 1. The molecule has 1 aliphatic heterocycles. The fraction of sp³-hybridized carbons (Fsp3) is 0.533. The Kier molecular flexibility index (Phi) is 3.54. The summed E-state index contributed by atoms with van der Waals surface area (Å²) < 4.78 is 0. The first-order valence-electron chi connectivity index (χ1n) is 6.98. The molecule has 1 heterocycles. The summed E-state index contributed by atoms with van der Waals surface area (Å²) in [5.74, 6) is 0.156. The van der Waals surface area contributed by atoms with Crippen molar-refractivity contribution in [2.75, 3.05) is 26.2 Å². The third-order valence-corrected chi connectivity index (χ3v) is 4.39. The lowest BCUT2D eigenvalue weighted by molar-refractivity contribution is 0.0626. The van der Waals surface area contributed by atoms with Gasteiger partial charge in [0.2, 0.25) is 0 Å². The molecule has 2 fully saturated rings. The van der Waals surface area contributed by atoms with Gasteiger partial charge in [-0.1, -0.05) is 6.07 Å². The van der Waals surface area contributed by atoms with Crippen molar-refractivity contribution in [3.63, 3.8) is 0 Å². The van der Waals surface area contributed by atoms with E-state index in [1.165, 1.54) is 12.8 Å². The molecule has 4 heteroatoms. The summed E-state index contributed by atoms with van der Waals surface area (Å²) in [6, 6.07) is 6.59. The van der Waals surface area contributed by atoms with E-state index in [1.54, 1.807) is 0 Å². The van der Waals surface area contributed by atoms with Crippen LogP contribution in [0.3, 0.4) is 0 Å². The molecule has 0 atom stereocenters. The number of hydrogen-bond acceptors (Lipinski definition) is 3. The molecule has 0 bridgehead atoms. The highest BCUT2D eigenvalue weighted by Gasteiger charge is 2.32. The van der Waals surface area contributed by atoms with Gasteiger partial charge in [-0.05, 0) is 37.5 Å².